The molecule has 3 heterocycles. The summed E-state index contributed by atoms with van der Waals surface area (Å²) in [6.45, 7) is 8.07. The van der Waals surface area contributed by atoms with Crippen molar-refractivity contribution in [2.45, 2.75) is 53.4 Å². The van der Waals surface area contributed by atoms with E-state index in [4.69, 9.17) is 4.98 Å². The van der Waals surface area contributed by atoms with Crippen LogP contribution >= 0.6 is 0 Å². The fourth-order valence-corrected chi connectivity index (χ4v) is 7.31. The summed E-state index contributed by atoms with van der Waals surface area (Å²) in [7, 11) is 0. The topological polar surface area (TPSA) is 54.6 Å². The molecular formula is C40H37IrN2O2-. The maximum absolute atomic E-state index is 11.7. The Kier molecular flexibility index (Phi) is 8.52. The Labute approximate surface area is 276 Å². The summed E-state index contributed by atoms with van der Waals surface area (Å²) in [5, 5.41) is 21.2. The second kappa shape index (κ2) is 12.4. The monoisotopic (exact) mass is 770 g/mol. The molecule has 5 aromatic carbocycles. The van der Waals surface area contributed by atoms with Crippen LogP contribution in [0, 0.1) is 17.9 Å². The molecule has 8 aromatic rings. The molecule has 0 spiro atoms. The number of ketones is 1. The van der Waals surface area contributed by atoms with Crippen molar-refractivity contribution in [2.75, 3.05) is 0 Å². The third-order valence-corrected chi connectivity index (χ3v) is 9.70. The molecule has 0 saturated heterocycles. The summed E-state index contributed by atoms with van der Waals surface area (Å²) in [6, 6.07) is 29.7. The maximum Gasteiger partial charge on any atom is 0.162 e. The minimum absolute atomic E-state index is 0. The largest absolute Gasteiger partial charge is 0.512 e. The summed E-state index contributed by atoms with van der Waals surface area (Å²) in [4.78, 5) is 16.6. The first-order valence-corrected chi connectivity index (χ1v) is 16.0. The van der Waals surface area contributed by atoms with Gasteiger partial charge in [-0.1, -0.05) is 80.9 Å². The van der Waals surface area contributed by atoms with Gasteiger partial charge in [0, 0.05) is 65.9 Å². The van der Waals surface area contributed by atoms with Gasteiger partial charge < -0.3 is 14.5 Å². The van der Waals surface area contributed by atoms with Gasteiger partial charge in [-0.2, -0.15) is 0 Å². The molecule has 229 valence electrons. The number of para-hydroxylation sites is 1. The van der Waals surface area contributed by atoms with Crippen molar-refractivity contribution in [2.24, 2.45) is 11.8 Å². The normalized spacial score (nSPS) is 12.4. The second-order valence-electron chi connectivity index (χ2n) is 11.9. The number of aliphatic hydroxyl groups is 1. The zero-order valence-electron chi connectivity index (χ0n) is 26.1. The SMILES string of the molecule is CCC(CC)C(=O)/C=C(\O)C(CC)CC.[Ir].[c-]1cccc2c1c1nccc3c1c1c2ccc2ccc4c5ccccc5n3c4c21. The predicted molar refractivity (Wildman–Crippen MR) is 185 cm³/mol. The number of rotatable bonds is 7. The van der Waals surface area contributed by atoms with Crippen LogP contribution in [-0.4, -0.2) is 20.3 Å². The van der Waals surface area contributed by atoms with E-state index in [-0.39, 0.29) is 43.5 Å². The molecular weight excluding hydrogens is 733 g/mol. The summed E-state index contributed by atoms with van der Waals surface area (Å²) >= 11 is 0. The number of fused-ring (bicyclic) bond motifs is 7. The van der Waals surface area contributed by atoms with Gasteiger partial charge in [0.2, 0.25) is 0 Å². The van der Waals surface area contributed by atoms with Crippen LogP contribution in [-0.2, 0) is 24.9 Å². The molecule has 4 nitrogen and oxygen atoms in total. The van der Waals surface area contributed by atoms with Crippen LogP contribution in [0.3, 0.4) is 0 Å². The number of carbonyl (C=O) groups is 1. The second-order valence-corrected chi connectivity index (χ2v) is 11.9. The number of nitrogens with zero attached hydrogens (tertiary/aromatic N) is 2. The Morgan fingerprint density at radius 1 is 0.778 bits per heavy atom. The average molecular weight is 770 g/mol. The molecule has 0 unspecified atom stereocenters. The molecule has 3 aromatic heterocycles. The number of pyridine rings is 2. The van der Waals surface area contributed by atoms with Gasteiger partial charge in [0.25, 0.3) is 0 Å². The molecule has 0 saturated carbocycles. The Hall–Kier alpha value is -4.05. The predicted octanol–water partition coefficient (Wildman–Crippen LogP) is 10.8. The van der Waals surface area contributed by atoms with E-state index in [9.17, 15) is 9.90 Å². The summed E-state index contributed by atoms with van der Waals surface area (Å²) < 4.78 is 2.44. The van der Waals surface area contributed by atoms with E-state index in [0.717, 1.165) is 36.6 Å². The van der Waals surface area contributed by atoms with Crippen molar-refractivity contribution in [3.8, 4) is 0 Å². The maximum atomic E-state index is 11.7. The van der Waals surface area contributed by atoms with Crippen LogP contribution in [0.25, 0.3) is 70.5 Å². The Balaban J connectivity index is 0.000000194. The van der Waals surface area contributed by atoms with Gasteiger partial charge in [-0.3, -0.25) is 4.79 Å². The van der Waals surface area contributed by atoms with Crippen molar-refractivity contribution >= 4 is 76.3 Å². The minimum atomic E-state index is 0. The van der Waals surface area contributed by atoms with Gasteiger partial charge in [-0.25, -0.2) is 0 Å². The zero-order chi connectivity index (χ0) is 30.5. The fraction of sp³-hybridized carbons (Fsp3) is 0.250. The number of hydrogen-bond donors (Lipinski definition) is 1. The number of aliphatic hydroxyl groups excluding tert-OH is 1. The minimum Gasteiger partial charge on any atom is -0.512 e. The molecule has 1 radical (unpaired) electrons. The third-order valence-electron chi connectivity index (χ3n) is 9.70. The quantitative estimate of drug-likeness (QED) is 0.0577. The van der Waals surface area contributed by atoms with Gasteiger partial charge in [0.1, 0.15) is 0 Å². The van der Waals surface area contributed by atoms with Gasteiger partial charge in [-0.15, -0.1) is 29.7 Å². The smallest absolute Gasteiger partial charge is 0.162 e. The third kappa shape index (κ3) is 4.76. The molecule has 0 fully saturated rings. The van der Waals surface area contributed by atoms with E-state index >= 15 is 0 Å². The molecule has 0 amide bonds. The number of allylic oxidation sites excluding steroid dienone is 2. The van der Waals surface area contributed by atoms with Crippen molar-refractivity contribution in [1.29, 1.82) is 0 Å². The van der Waals surface area contributed by atoms with E-state index in [1.165, 1.54) is 65.7 Å². The van der Waals surface area contributed by atoms with Crippen molar-refractivity contribution in [1.82, 2.24) is 9.38 Å². The van der Waals surface area contributed by atoms with Crippen LogP contribution in [0.2, 0.25) is 0 Å². The van der Waals surface area contributed by atoms with Crippen LogP contribution in [0.5, 0.6) is 0 Å². The Bertz CT molecular complexity index is 2310. The fourth-order valence-electron chi connectivity index (χ4n) is 7.31. The zero-order valence-corrected chi connectivity index (χ0v) is 28.5. The molecule has 45 heavy (non-hydrogen) atoms. The first-order chi connectivity index (χ1) is 21.5. The number of aromatic nitrogens is 2. The molecule has 0 bridgehead atoms. The van der Waals surface area contributed by atoms with Crippen molar-refractivity contribution in [3.05, 3.63) is 96.9 Å². The number of carbonyl (C=O) groups excluding carboxylic acids is 1. The Morgan fingerprint density at radius 2 is 1.47 bits per heavy atom. The van der Waals surface area contributed by atoms with Gasteiger partial charge in [-0.05, 0) is 59.5 Å². The average Bonchev–Trinajstić information content (AvgIpc) is 3.41. The standard InChI is InChI=1S/C27H13N2.C13H24O2.Ir/c1-2-7-19-16(5-1)18-11-9-15-10-12-20-17-6-3-4-8-21(17)29-22-13-14-28-26(19)25(22)24(18)23(15)27(20)29;1-5-10(6-2)12(14)9-13(15)11(7-3)8-4;/h1-6,8-14H;9-11,14H,5-8H2,1-4H3;/q-1;;/b;12-9-;. The summed E-state index contributed by atoms with van der Waals surface area (Å²) in [5.74, 6) is 0.547. The van der Waals surface area contributed by atoms with E-state index in [1.807, 2.05) is 40.0 Å². The van der Waals surface area contributed by atoms with Gasteiger partial charge >= 0.3 is 0 Å². The van der Waals surface area contributed by atoms with Crippen LogP contribution < -0.4 is 0 Å². The van der Waals surface area contributed by atoms with Crippen molar-refractivity contribution in [3.63, 3.8) is 0 Å². The van der Waals surface area contributed by atoms with Crippen LogP contribution in [0.1, 0.15) is 53.4 Å². The first kappa shape index (κ1) is 31.0. The van der Waals surface area contributed by atoms with Gasteiger partial charge in [0.05, 0.1) is 16.8 Å². The van der Waals surface area contributed by atoms with Crippen LogP contribution in [0.4, 0.5) is 0 Å². The molecule has 1 N–H and O–H groups in total. The molecule has 0 aliphatic carbocycles. The van der Waals surface area contributed by atoms with Crippen LogP contribution in [0.15, 0.2) is 90.8 Å². The summed E-state index contributed by atoms with van der Waals surface area (Å²) in [6.07, 6.45) is 6.85. The van der Waals surface area contributed by atoms with Gasteiger partial charge in [0.15, 0.2) is 5.78 Å². The van der Waals surface area contributed by atoms with Crippen molar-refractivity contribution < 1.29 is 30.0 Å². The molecule has 0 aliphatic rings. The van der Waals surface area contributed by atoms with E-state index in [1.54, 1.807) is 0 Å². The molecule has 5 heteroatoms. The Morgan fingerprint density at radius 3 is 2.20 bits per heavy atom. The molecule has 0 atom stereocenters. The van der Waals surface area contributed by atoms with E-state index in [2.05, 4.69) is 77.2 Å². The number of hydrogen-bond acceptors (Lipinski definition) is 3. The summed E-state index contributed by atoms with van der Waals surface area (Å²) in [5.41, 5.74) is 4.82. The van der Waals surface area contributed by atoms with E-state index in [0.29, 0.717) is 0 Å². The molecule has 8 rings (SSSR count). The van der Waals surface area contributed by atoms with E-state index < -0.39 is 0 Å². The number of benzene rings is 5. The first-order valence-electron chi connectivity index (χ1n) is 16.0. The molecule has 0 aliphatic heterocycles.